The molecule has 0 aliphatic carbocycles. The highest BCUT2D eigenvalue weighted by Gasteiger charge is 2.33. The second-order valence-electron chi connectivity index (χ2n) is 11.2. The van der Waals surface area contributed by atoms with E-state index in [2.05, 4.69) is 99.6 Å². The largest absolute Gasteiger partial charge is 0.369 e. The summed E-state index contributed by atoms with van der Waals surface area (Å²) in [5.41, 5.74) is 8.79. The summed E-state index contributed by atoms with van der Waals surface area (Å²) in [6.07, 6.45) is 0.804. The van der Waals surface area contributed by atoms with Crippen molar-refractivity contribution in [1.82, 2.24) is 30.1 Å². The van der Waals surface area contributed by atoms with Gasteiger partial charge < -0.3 is 9.88 Å². The zero-order valence-corrected chi connectivity index (χ0v) is 24.3. The van der Waals surface area contributed by atoms with Crippen molar-refractivity contribution in [2.75, 3.05) is 31.1 Å². The Balaban J connectivity index is 1.38. The summed E-state index contributed by atoms with van der Waals surface area (Å²) in [4.78, 5) is 21.8. The zero-order chi connectivity index (χ0) is 28.5. The van der Waals surface area contributed by atoms with Gasteiger partial charge in [-0.2, -0.15) is 0 Å². The monoisotopic (exact) mass is 547 g/mol. The Bertz CT molecular complexity index is 1730. The lowest BCUT2D eigenvalue weighted by Crippen LogP contribution is -2.49. The Labute approximate surface area is 240 Å². The second-order valence-corrected chi connectivity index (χ2v) is 11.2. The first-order chi connectivity index (χ1) is 19.9. The average molecular weight is 548 g/mol. The van der Waals surface area contributed by atoms with E-state index < -0.39 is 0 Å². The number of pyridine rings is 1. The van der Waals surface area contributed by atoms with E-state index in [9.17, 15) is 4.79 Å². The molecule has 41 heavy (non-hydrogen) atoms. The first-order valence-electron chi connectivity index (χ1n) is 14.4. The van der Waals surface area contributed by atoms with Gasteiger partial charge in [-0.1, -0.05) is 54.6 Å². The van der Waals surface area contributed by atoms with E-state index in [1.54, 1.807) is 0 Å². The third-order valence-electron chi connectivity index (χ3n) is 8.62. The van der Waals surface area contributed by atoms with Gasteiger partial charge in [-0.25, -0.2) is 4.68 Å². The van der Waals surface area contributed by atoms with E-state index in [1.807, 2.05) is 29.8 Å². The maximum atomic E-state index is 13.8. The van der Waals surface area contributed by atoms with Crippen LogP contribution in [0.3, 0.4) is 0 Å². The minimum absolute atomic E-state index is 0.0919. The van der Waals surface area contributed by atoms with Gasteiger partial charge in [0.05, 0.1) is 5.52 Å². The van der Waals surface area contributed by atoms with Crippen LogP contribution in [0.15, 0.2) is 71.5 Å². The number of H-pyrrole nitrogens is 1. The molecule has 1 fully saturated rings. The molecule has 1 aliphatic heterocycles. The molecule has 3 aromatic carbocycles. The molecule has 3 heterocycles. The number of aromatic nitrogens is 5. The Kier molecular flexibility index (Phi) is 7.41. The third kappa shape index (κ3) is 5.27. The number of nitrogens with one attached hydrogen (secondary N) is 1. The van der Waals surface area contributed by atoms with Crippen LogP contribution < -0.4 is 10.5 Å². The molecule has 1 saturated heterocycles. The molecule has 0 saturated carbocycles. The molecular weight excluding hydrogens is 510 g/mol. The summed E-state index contributed by atoms with van der Waals surface area (Å²) in [6, 6.07) is 22.7. The van der Waals surface area contributed by atoms with E-state index in [4.69, 9.17) is 0 Å². The van der Waals surface area contributed by atoms with Crippen molar-refractivity contribution in [2.24, 2.45) is 0 Å². The lowest BCUT2D eigenvalue weighted by Gasteiger charge is -2.40. The van der Waals surface area contributed by atoms with Crippen molar-refractivity contribution in [3.05, 3.63) is 116 Å². The zero-order valence-electron chi connectivity index (χ0n) is 24.3. The highest BCUT2D eigenvalue weighted by Crippen LogP contribution is 2.31. The molecule has 0 bridgehead atoms. The number of tetrazole rings is 1. The molecule has 1 N–H and O–H groups in total. The number of aryl methyl sites for hydroxylation is 5. The van der Waals surface area contributed by atoms with Crippen molar-refractivity contribution in [3.63, 3.8) is 0 Å². The molecule has 8 heteroatoms. The summed E-state index contributed by atoms with van der Waals surface area (Å²) < 4.78 is 1.88. The van der Waals surface area contributed by atoms with Crippen LogP contribution in [0.1, 0.15) is 45.2 Å². The molecule has 8 nitrogen and oxygen atoms in total. The first kappa shape index (κ1) is 26.9. The number of aromatic amines is 1. The number of rotatable bonds is 7. The average Bonchev–Trinajstić information content (AvgIpc) is 3.45. The molecular formula is C33H37N7O. The summed E-state index contributed by atoms with van der Waals surface area (Å²) in [6.45, 7) is 12.4. The van der Waals surface area contributed by atoms with E-state index in [0.717, 1.165) is 54.6 Å². The lowest BCUT2D eigenvalue weighted by atomic mass is 9.99. The van der Waals surface area contributed by atoms with E-state index in [1.165, 1.54) is 22.4 Å². The van der Waals surface area contributed by atoms with E-state index in [-0.39, 0.29) is 11.6 Å². The van der Waals surface area contributed by atoms with Crippen molar-refractivity contribution in [2.45, 2.75) is 46.7 Å². The van der Waals surface area contributed by atoms with Gasteiger partial charge in [0.2, 0.25) is 0 Å². The Morgan fingerprint density at radius 2 is 1.61 bits per heavy atom. The van der Waals surface area contributed by atoms with Gasteiger partial charge >= 0.3 is 0 Å². The quantitative estimate of drug-likeness (QED) is 0.312. The molecule has 5 aromatic rings. The summed E-state index contributed by atoms with van der Waals surface area (Å²) >= 11 is 0. The normalized spacial score (nSPS) is 15.0. The number of nitrogens with zero attached hydrogens (tertiary/aromatic N) is 6. The summed E-state index contributed by atoms with van der Waals surface area (Å²) in [5, 5.41) is 14.1. The van der Waals surface area contributed by atoms with E-state index in [0.29, 0.717) is 17.9 Å². The molecule has 2 aromatic heterocycles. The van der Waals surface area contributed by atoms with Crippen LogP contribution in [0.4, 0.5) is 5.69 Å². The number of anilines is 1. The Morgan fingerprint density at radius 1 is 0.854 bits per heavy atom. The number of fused-ring (bicyclic) bond motifs is 1. The number of benzene rings is 3. The Hall–Kier alpha value is -4.30. The molecule has 210 valence electrons. The van der Waals surface area contributed by atoms with Gasteiger partial charge in [-0.15, -0.1) is 5.10 Å². The van der Waals surface area contributed by atoms with Crippen LogP contribution >= 0.6 is 0 Å². The SMILES string of the molecule is Cc1cccc(N2CCN([C@H](c3cc4c(C)ccc(C)c4[nH]c3=O)c3nnnn3CCc3ccccc3)CC2)c1C. The molecule has 1 atom stereocenters. The van der Waals surface area contributed by atoms with Crippen LogP contribution in [-0.2, 0) is 13.0 Å². The van der Waals surface area contributed by atoms with Crippen LogP contribution in [0.25, 0.3) is 10.9 Å². The highest BCUT2D eigenvalue weighted by atomic mass is 16.1. The fourth-order valence-electron chi connectivity index (χ4n) is 6.04. The van der Waals surface area contributed by atoms with Gasteiger partial charge in [0.15, 0.2) is 5.82 Å². The first-order valence-corrected chi connectivity index (χ1v) is 14.4. The highest BCUT2D eigenvalue weighted by molar-refractivity contribution is 5.85. The van der Waals surface area contributed by atoms with Gasteiger partial charge in [0.1, 0.15) is 6.04 Å². The van der Waals surface area contributed by atoms with Crippen molar-refractivity contribution >= 4 is 16.6 Å². The lowest BCUT2D eigenvalue weighted by molar-refractivity contribution is 0.199. The molecule has 0 amide bonds. The van der Waals surface area contributed by atoms with Crippen LogP contribution in [0.5, 0.6) is 0 Å². The smallest absolute Gasteiger partial charge is 0.253 e. The maximum absolute atomic E-state index is 13.8. The molecule has 0 unspecified atom stereocenters. The fraction of sp³-hybridized carbons (Fsp3) is 0.333. The molecule has 0 spiro atoms. The fourth-order valence-corrected chi connectivity index (χ4v) is 6.04. The number of hydrogen-bond donors (Lipinski definition) is 1. The van der Waals surface area contributed by atoms with Crippen molar-refractivity contribution < 1.29 is 0 Å². The predicted octanol–water partition coefficient (Wildman–Crippen LogP) is 4.90. The van der Waals surface area contributed by atoms with Crippen LogP contribution in [0, 0.1) is 27.7 Å². The molecule has 0 radical (unpaired) electrons. The van der Waals surface area contributed by atoms with Crippen molar-refractivity contribution in [3.8, 4) is 0 Å². The Morgan fingerprint density at radius 3 is 2.39 bits per heavy atom. The third-order valence-corrected chi connectivity index (χ3v) is 8.62. The van der Waals surface area contributed by atoms with Gasteiger partial charge in [0, 0.05) is 49.4 Å². The second kappa shape index (κ2) is 11.3. The van der Waals surface area contributed by atoms with E-state index >= 15 is 0 Å². The minimum atomic E-state index is -0.366. The number of hydrogen-bond acceptors (Lipinski definition) is 6. The predicted molar refractivity (Wildman–Crippen MR) is 164 cm³/mol. The van der Waals surface area contributed by atoms with Gasteiger partial charge in [-0.3, -0.25) is 9.69 Å². The topological polar surface area (TPSA) is 82.9 Å². The summed E-state index contributed by atoms with van der Waals surface area (Å²) in [5.74, 6) is 0.705. The standard InChI is InChI=1S/C33H37N7O/c1-22-9-8-12-29(25(22)4)38-17-19-39(20-18-38)31(28-21-27-23(2)13-14-24(3)30(27)34-33(28)41)32-35-36-37-40(32)16-15-26-10-6-5-7-11-26/h5-14,21,31H,15-20H2,1-4H3,(H,34,41)/t31-/m1/s1. The molecule has 1 aliphatic rings. The molecule has 6 rings (SSSR count). The number of piperazine rings is 1. The van der Waals surface area contributed by atoms with Crippen LogP contribution in [0.2, 0.25) is 0 Å². The van der Waals surface area contributed by atoms with Gasteiger partial charge in [-0.05, 0) is 84.5 Å². The van der Waals surface area contributed by atoms with Crippen LogP contribution in [-0.4, -0.2) is 56.3 Å². The maximum Gasteiger partial charge on any atom is 0.253 e. The van der Waals surface area contributed by atoms with Crippen molar-refractivity contribution in [1.29, 1.82) is 0 Å². The summed E-state index contributed by atoms with van der Waals surface area (Å²) in [7, 11) is 0. The minimum Gasteiger partial charge on any atom is -0.369 e. The van der Waals surface area contributed by atoms with Gasteiger partial charge in [0.25, 0.3) is 5.56 Å².